The lowest BCUT2D eigenvalue weighted by atomic mass is 10.1. The minimum absolute atomic E-state index is 0.0190. The Morgan fingerprint density at radius 2 is 2.00 bits per heavy atom. The molecule has 1 atom stereocenters. The molecule has 1 aromatic carbocycles. The molecule has 0 bridgehead atoms. The van der Waals surface area contributed by atoms with Crippen molar-refractivity contribution in [3.63, 3.8) is 0 Å². The molecule has 90 valence electrons. The Bertz CT molecular complexity index is 575. The topological polar surface area (TPSA) is 48.7 Å². The van der Waals surface area contributed by atoms with E-state index in [4.69, 9.17) is 5.26 Å². The Kier molecular flexibility index (Phi) is 3.54. The maximum atomic E-state index is 13.0. The van der Waals surface area contributed by atoms with Gasteiger partial charge in [0.15, 0.2) is 0 Å². The van der Waals surface area contributed by atoms with Crippen molar-refractivity contribution in [1.82, 2.24) is 4.98 Å². The number of hydrogen-bond donors (Lipinski definition) is 1. The van der Waals surface area contributed by atoms with Crippen molar-refractivity contribution >= 4 is 5.69 Å². The quantitative estimate of drug-likeness (QED) is 0.897. The van der Waals surface area contributed by atoms with Gasteiger partial charge in [0.05, 0.1) is 11.3 Å². The van der Waals surface area contributed by atoms with Gasteiger partial charge < -0.3 is 5.32 Å². The third-order valence-electron chi connectivity index (χ3n) is 2.68. The van der Waals surface area contributed by atoms with Gasteiger partial charge >= 0.3 is 0 Å². The maximum absolute atomic E-state index is 13.0. The van der Waals surface area contributed by atoms with Crippen molar-refractivity contribution in [3.05, 3.63) is 59.7 Å². The van der Waals surface area contributed by atoms with E-state index < -0.39 is 5.82 Å². The van der Waals surface area contributed by atoms with E-state index in [0.717, 1.165) is 5.56 Å². The molecule has 0 aliphatic rings. The van der Waals surface area contributed by atoms with Gasteiger partial charge in [-0.25, -0.2) is 4.39 Å². The summed E-state index contributed by atoms with van der Waals surface area (Å²) in [4.78, 5) is 3.95. The molecular formula is C14H12FN3. The number of nitrogens with zero attached hydrogens (tertiary/aromatic N) is 2. The van der Waals surface area contributed by atoms with Gasteiger partial charge in [-0.15, -0.1) is 0 Å². The van der Waals surface area contributed by atoms with Gasteiger partial charge in [0, 0.05) is 18.4 Å². The van der Waals surface area contributed by atoms with Gasteiger partial charge in [-0.1, -0.05) is 0 Å². The Morgan fingerprint density at radius 1 is 1.28 bits per heavy atom. The fourth-order valence-electron chi connectivity index (χ4n) is 1.70. The number of benzene rings is 1. The number of aromatic nitrogens is 1. The highest BCUT2D eigenvalue weighted by atomic mass is 19.1. The van der Waals surface area contributed by atoms with Gasteiger partial charge in [-0.2, -0.15) is 5.26 Å². The second kappa shape index (κ2) is 5.28. The van der Waals surface area contributed by atoms with Crippen molar-refractivity contribution in [2.45, 2.75) is 13.0 Å². The molecule has 0 saturated carbocycles. The molecule has 0 saturated heterocycles. The van der Waals surface area contributed by atoms with Crippen LogP contribution in [-0.4, -0.2) is 4.98 Å². The highest BCUT2D eigenvalue weighted by Gasteiger charge is 2.08. The molecule has 2 rings (SSSR count). The summed E-state index contributed by atoms with van der Waals surface area (Å²) in [6, 6.07) is 9.92. The second-order valence-electron chi connectivity index (χ2n) is 3.95. The molecule has 2 aromatic rings. The van der Waals surface area contributed by atoms with E-state index in [1.807, 2.05) is 25.1 Å². The summed E-state index contributed by atoms with van der Waals surface area (Å²) < 4.78 is 13.0. The van der Waals surface area contributed by atoms with Crippen molar-refractivity contribution in [1.29, 1.82) is 5.26 Å². The smallest absolute Gasteiger partial charge is 0.124 e. The molecule has 1 unspecified atom stereocenters. The molecule has 1 aromatic heterocycles. The fraction of sp³-hybridized carbons (Fsp3) is 0.143. The van der Waals surface area contributed by atoms with Crippen LogP contribution >= 0.6 is 0 Å². The fourth-order valence-corrected chi connectivity index (χ4v) is 1.70. The van der Waals surface area contributed by atoms with Crippen LogP contribution in [0.2, 0.25) is 0 Å². The van der Waals surface area contributed by atoms with Crippen molar-refractivity contribution < 1.29 is 4.39 Å². The predicted octanol–water partition coefficient (Wildman–Crippen LogP) is 3.27. The molecule has 0 spiro atoms. The van der Waals surface area contributed by atoms with E-state index in [-0.39, 0.29) is 6.04 Å². The summed E-state index contributed by atoms with van der Waals surface area (Å²) in [5, 5.41) is 12.1. The molecule has 0 aliphatic carbocycles. The van der Waals surface area contributed by atoms with Crippen LogP contribution < -0.4 is 5.32 Å². The Hall–Kier alpha value is -2.41. The minimum atomic E-state index is -0.409. The molecular weight excluding hydrogens is 229 g/mol. The standard InChI is InChI=1S/C14H12FN3/c1-10(11-4-6-17-7-5-11)18-14-3-2-13(15)8-12(14)9-16/h2-8,10,18H,1H3. The average molecular weight is 241 g/mol. The SMILES string of the molecule is CC(Nc1ccc(F)cc1C#N)c1ccncc1. The summed E-state index contributed by atoms with van der Waals surface area (Å²) >= 11 is 0. The van der Waals surface area contributed by atoms with E-state index in [1.165, 1.54) is 12.1 Å². The molecule has 0 amide bonds. The number of pyridine rings is 1. The van der Waals surface area contributed by atoms with E-state index in [1.54, 1.807) is 18.5 Å². The summed E-state index contributed by atoms with van der Waals surface area (Å²) in [5.41, 5.74) is 1.98. The third-order valence-corrected chi connectivity index (χ3v) is 2.68. The van der Waals surface area contributed by atoms with Crippen LogP contribution in [0, 0.1) is 17.1 Å². The van der Waals surface area contributed by atoms with Crippen molar-refractivity contribution in [2.24, 2.45) is 0 Å². The van der Waals surface area contributed by atoms with Crippen LogP contribution in [0.4, 0.5) is 10.1 Å². The molecule has 0 fully saturated rings. The van der Waals surface area contributed by atoms with Crippen molar-refractivity contribution in [3.8, 4) is 6.07 Å². The molecule has 1 heterocycles. The second-order valence-corrected chi connectivity index (χ2v) is 3.95. The maximum Gasteiger partial charge on any atom is 0.124 e. The molecule has 0 radical (unpaired) electrons. The largest absolute Gasteiger partial charge is 0.377 e. The van der Waals surface area contributed by atoms with Gasteiger partial charge in [0.1, 0.15) is 11.9 Å². The van der Waals surface area contributed by atoms with Crippen LogP contribution in [0.1, 0.15) is 24.1 Å². The average Bonchev–Trinajstić information content (AvgIpc) is 2.41. The van der Waals surface area contributed by atoms with Gasteiger partial charge in [-0.05, 0) is 42.8 Å². The summed E-state index contributed by atoms with van der Waals surface area (Å²) in [7, 11) is 0. The number of rotatable bonds is 3. The first kappa shape index (κ1) is 12.1. The first-order valence-electron chi connectivity index (χ1n) is 5.57. The zero-order valence-corrected chi connectivity index (χ0v) is 9.89. The highest BCUT2D eigenvalue weighted by molar-refractivity contribution is 5.58. The molecule has 4 heteroatoms. The number of nitriles is 1. The number of anilines is 1. The van der Waals surface area contributed by atoms with Crippen LogP contribution in [0.25, 0.3) is 0 Å². The summed E-state index contributed by atoms with van der Waals surface area (Å²) in [5.74, 6) is -0.409. The summed E-state index contributed by atoms with van der Waals surface area (Å²) in [6.07, 6.45) is 3.42. The first-order chi connectivity index (χ1) is 8.70. The monoisotopic (exact) mass is 241 g/mol. The van der Waals surface area contributed by atoms with Crippen LogP contribution in [0.15, 0.2) is 42.7 Å². The van der Waals surface area contributed by atoms with Crippen LogP contribution in [0.5, 0.6) is 0 Å². The third kappa shape index (κ3) is 2.64. The van der Waals surface area contributed by atoms with Gasteiger partial charge in [0.2, 0.25) is 0 Å². The van der Waals surface area contributed by atoms with E-state index in [9.17, 15) is 4.39 Å². The lowest BCUT2D eigenvalue weighted by Crippen LogP contribution is -2.08. The molecule has 18 heavy (non-hydrogen) atoms. The number of hydrogen-bond acceptors (Lipinski definition) is 3. The van der Waals surface area contributed by atoms with E-state index in [0.29, 0.717) is 11.3 Å². The Labute approximate surface area is 105 Å². The van der Waals surface area contributed by atoms with Gasteiger partial charge in [-0.3, -0.25) is 4.98 Å². The van der Waals surface area contributed by atoms with Crippen LogP contribution in [0.3, 0.4) is 0 Å². The Balaban J connectivity index is 2.22. The van der Waals surface area contributed by atoms with E-state index >= 15 is 0 Å². The number of halogens is 1. The van der Waals surface area contributed by atoms with Crippen LogP contribution in [-0.2, 0) is 0 Å². The lowest BCUT2D eigenvalue weighted by Gasteiger charge is -2.16. The summed E-state index contributed by atoms with van der Waals surface area (Å²) in [6.45, 7) is 1.97. The molecule has 3 nitrogen and oxygen atoms in total. The molecule has 1 N–H and O–H groups in total. The number of nitrogens with one attached hydrogen (secondary N) is 1. The van der Waals surface area contributed by atoms with E-state index in [2.05, 4.69) is 10.3 Å². The lowest BCUT2D eigenvalue weighted by molar-refractivity contribution is 0.627. The molecule has 0 aliphatic heterocycles. The highest BCUT2D eigenvalue weighted by Crippen LogP contribution is 2.22. The van der Waals surface area contributed by atoms with Crippen molar-refractivity contribution in [2.75, 3.05) is 5.32 Å². The van der Waals surface area contributed by atoms with Gasteiger partial charge in [0.25, 0.3) is 0 Å². The normalized spacial score (nSPS) is 11.6. The zero-order chi connectivity index (χ0) is 13.0. The zero-order valence-electron chi connectivity index (χ0n) is 9.89. The first-order valence-corrected chi connectivity index (χ1v) is 5.57. The predicted molar refractivity (Wildman–Crippen MR) is 67.4 cm³/mol. The Morgan fingerprint density at radius 3 is 2.67 bits per heavy atom. The minimum Gasteiger partial charge on any atom is -0.377 e.